The van der Waals surface area contributed by atoms with Crippen molar-refractivity contribution >= 4 is 15.7 Å². The van der Waals surface area contributed by atoms with E-state index in [1.54, 1.807) is 24.1 Å². The molecule has 1 unspecified atom stereocenters. The van der Waals surface area contributed by atoms with Crippen LogP contribution in [0.3, 0.4) is 0 Å². The molecule has 0 bridgehead atoms. The summed E-state index contributed by atoms with van der Waals surface area (Å²) in [5.41, 5.74) is 0.642. The quantitative estimate of drug-likeness (QED) is 0.847. The van der Waals surface area contributed by atoms with E-state index >= 15 is 0 Å². The van der Waals surface area contributed by atoms with Gasteiger partial charge < -0.3 is 4.90 Å². The van der Waals surface area contributed by atoms with Crippen LogP contribution in [-0.2, 0) is 16.9 Å². The van der Waals surface area contributed by atoms with E-state index in [1.165, 1.54) is 17.1 Å². The van der Waals surface area contributed by atoms with Gasteiger partial charge in [0.25, 0.3) is 5.91 Å². The Morgan fingerprint density at radius 3 is 2.70 bits per heavy atom. The summed E-state index contributed by atoms with van der Waals surface area (Å²) in [5.74, 6) is -0.0168. The van der Waals surface area contributed by atoms with Gasteiger partial charge in [0.15, 0.2) is 9.84 Å². The highest BCUT2D eigenvalue weighted by atomic mass is 32.2. The van der Waals surface area contributed by atoms with Gasteiger partial charge in [-0.15, -0.1) is 0 Å². The van der Waals surface area contributed by atoms with E-state index in [9.17, 15) is 13.2 Å². The van der Waals surface area contributed by atoms with Gasteiger partial charge in [-0.1, -0.05) is 18.2 Å². The molecule has 0 radical (unpaired) electrons. The molecule has 1 aliphatic rings. The molecule has 1 aliphatic heterocycles. The number of nitrogens with zero attached hydrogens (tertiary/aromatic N) is 3. The molecule has 1 aromatic carbocycles. The molecule has 2 aromatic rings. The first kappa shape index (κ1) is 15.7. The molecule has 0 N–H and O–H groups in total. The average Bonchev–Trinajstić information content (AvgIpc) is 3.16. The van der Waals surface area contributed by atoms with Crippen LogP contribution in [0.2, 0.25) is 0 Å². The third kappa shape index (κ3) is 3.44. The number of hydrogen-bond acceptors (Lipinski definition) is 4. The van der Waals surface area contributed by atoms with Crippen molar-refractivity contribution in [2.45, 2.75) is 11.3 Å². The predicted molar refractivity (Wildman–Crippen MR) is 85.7 cm³/mol. The molecule has 3 rings (SSSR count). The highest BCUT2D eigenvalue weighted by Crippen LogP contribution is 2.23. The van der Waals surface area contributed by atoms with E-state index in [-0.39, 0.29) is 22.5 Å². The number of sulfone groups is 1. The maximum Gasteiger partial charge on any atom is 0.253 e. The van der Waals surface area contributed by atoms with Crippen molar-refractivity contribution in [2.75, 3.05) is 18.8 Å². The topological polar surface area (TPSA) is 72.3 Å². The van der Waals surface area contributed by atoms with E-state index in [4.69, 9.17) is 0 Å². The fraction of sp³-hybridized carbons (Fsp3) is 0.375. The second-order valence-electron chi connectivity index (χ2n) is 5.90. The van der Waals surface area contributed by atoms with Crippen LogP contribution in [0.1, 0.15) is 16.8 Å². The zero-order chi connectivity index (χ0) is 16.4. The minimum Gasteiger partial charge on any atom is -0.338 e. The van der Waals surface area contributed by atoms with Gasteiger partial charge in [-0.2, -0.15) is 5.10 Å². The number of likely N-dealkylation sites (tertiary alicyclic amines) is 1. The lowest BCUT2D eigenvalue weighted by Gasteiger charge is -2.16. The Morgan fingerprint density at radius 1 is 1.30 bits per heavy atom. The Morgan fingerprint density at radius 2 is 2.04 bits per heavy atom. The number of benzene rings is 1. The number of carbonyl (C=O) groups excluding carboxylic acids is 1. The normalized spacial score (nSPS) is 18.3. The highest BCUT2D eigenvalue weighted by Gasteiger charge is 2.31. The zero-order valence-corrected chi connectivity index (χ0v) is 13.7. The van der Waals surface area contributed by atoms with E-state index in [1.807, 2.05) is 18.2 Å². The maximum atomic E-state index is 12.4. The summed E-state index contributed by atoms with van der Waals surface area (Å²) in [6.07, 6.45) is 3.59. The van der Waals surface area contributed by atoms with Crippen molar-refractivity contribution in [1.82, 2.24) is 14.7 Å². The number of hydrogen-bond donors (Lipinski definition) is 0. The molecule has 1 saturated heterocycles. The summed E-state index contributed by atoms with van der Waals surface area (Å²) in [6, 6.07) is 9.08. The summed E-state index contributed by atoms with van der Waals surface area (Å²) in [6.45, 7) is 1.08. The van der Waals surface area contributed by atoms with Gasteiger partial charge in [-0.3, -0.25) is 9.48 Å². The Hall–Kier alpha value is -2.15. The Balaban J connectivity index is 1.65. The minimum atomic E-state index is -3.36. The van der Waals surface area contributed by atoms with E-state index < -0.39 is 9.84 Å². The van der Waals surface area contributed by atoms with Crippen molar-refractivity contribution in [2.24, 2.45) is 13.0 Å². The second-order valence-corrected chi connectivity index (χ2v) is 7.94. The van der Waals surface area contributed by atoms with Crippen molar-refractivity contribution in [1.29, 1.82) is 0 Å². The molecule has 122 valence electrons. The largest absolute Gasteiger partial charge is 0.338 e. The molecule has 1 aromatic heterocycles. The molecule has 0 saturated carbocycles. The zero-order valence-electron chi connectivity index (χ0n) is 12.9. The molecule has 1 atom stereocenters. The monoisotopic (exact) mass is 333 g/mol. The SMILES string of the molecule is Cn1cc(S(=O)(=O)CC2CCN(C(=O)c3ccccc3)C2)cn1. The van der Waals surface area contributed by atoms with Crippen molar-refractivity contribution in [3.63, 3.8) is 0 Å². The Kier molecular flexibility index (Phi) is 4.21. The standard InChI is InChI=1S/C16H19N3O3S/c1-18-11-15(9-17-18)23(21,22)12-13-7-8-19(10-13)16(20)14-5-3-2-4-6-14/h2-6,9,11,13H,7-8,10,12H2,1H3. The van der Waals surface area contributed by atoms with Crippen molar-refractivity contribution in [3.8, 4) is 0 Å². The molecule has 0 aliphatic carbocycles. The number of aromatic nitrogens is 2. The fourth-order valence-corrected chi connectivity index (χ4v) is 4.49. The molecule has 7 heteroatoms. The molecular formula is C16H19N3O3S. The summed E-state index contributed by atoms with van der Waals surface area (Å²) in [7, 11) is -1.67. The van der Waals surface area contributed by atoms with Crippen LogP contribution >= 0.6 is 0 Å². The molecule has 0 spiro atoms. The van der Waals surface area contributed by atoms with Gasteiger partial charge in [-0.25, -0.2) is 8.42 Å². The predicted octanol–water partition coefficient (Wildman–Crippen LogP) is 1.36. The van der Waals surface area contributed by atoms with Crippen LogP contribution < -0.4 is 0 Å². The van der Waals surface area contributed by atoms with Crippen LogP contribution in [0.4, 0.5) is 0 Å². The average molecular weight is 333 g/mol. The lowest BCUT2D eigenvalue weighted by Crippen LogP contribution is -2.29. The number of carbonyl (C=O) groups is 1. The third-order valence-electron chi connectivity index (χ3n) is 4.09. The first-order valence-electron chi connectivity index (χ1n) is 7.51. The number of rotatable bonds is 4. The van der Waals surface area contributed by atoms with Gasteiger partial charge in [0, 0.05) is 31.9 Å². The van der Waals surface area contributed by atoms with E-state index in [0.29, 0.717) is 25.1 Å². The number of aryl methyl sites for hydroxylation is 1. The lowest BCUT2D eigenvalue weighted by atomic mass is 10.1. The highest BCUT2D eigenvalue weighted by molar-refractivity contribution is 7.91. The molecule has 2 heterocycles. The van der Waals surface area contributed by atoms with Crippen LogP contribution in [0.5, 0.6) is 0 Å². The Bertz CT molecular complexity index is 799. The minimum absolute atomic E-state index is 0.0344. The van der Waals surface area contributed by atoms with Gasteiger partial charge in [0.05, 0.1) is 11.9 Å². The summed E-state index contributed by atoms with van der Waals surface area (Å²) in [5, 5.41) is 3.91. The second kappa shape index (κ2) is 6.16. The maximum absolute atomic E-state index is 12.4. The van der Waals surface area contributed by atoms with Crippen LogP contribution in [0.25, 0.3) is 0 Å². The molecular weight excluding hydrogens is 314 g/mol. The van der Waals surface area contributed by atoms with Crippen LogP contribution in [0.15, 0.2) is 47.6 Å². The van der Waals surface area contributed by atoms with E-state index in [0.717, 1.165) is 0 Å². The first-order valence-corrected chi connectivity index (χ1v) is 9.16. The van der Waals surface area contributed by atoms with Crippen LogP contribution in [-0.4, -0.2) is 47.8 Å². The van der Waals surface area contributed by atoms with Crippen molar-refractivity contribution in [3.05, 3.63) is 48.3 Å². The van der Waals surface area contributed by atoms with Crippen LogP contribution in [0, 0.1) is 5.92 Å². The summed E-state index contributed by atoms with van der Waals surface area (Å²) < 4.78 is 26.3. The summed E-state index contributed by atoms with van der Waals surface area (Å²) in [4.78, 5) is 14.4. The van der Waals surface area contributed by atoms with Gasteiger partial charge in [0.1, 0.15) is 4.90 Å². The molecule has 1 fully saturated rings. The van der Waals surface area contributed by atoms with Gasteiger partial charge in [0.2, 0.25) is 0 Å². The molecule has 6 nitrogen and oxygen atoms in total. The van der Waals surface area contributed by atoms with Crippen molar-refractivity contribution < 1.29 is 13.2 Å². The Labute approximate surface area is 135 Å². The summed E-state index contributed by atoms with van der Waals surface area (Å²) >= 11 is 0. The smallest absolute Gasteiger partial charge is 0.253 e. The van der Waals surface area contributed by atoms with Gasteiger partial charge in [-0.05, 0) is 24.5 Å². The van der Waals surface area contributed by atoms with E-state index in [2.05, 4.69) is 5.10 Å². The third-order valence-corrected chi connectivity index (χ3v) is 5.93. The molecule has 23 heavy (non-hydrogen) atoms. The van der Waals surface area contributed by atoms with Gasteiger partial charge >= 0.3 is 0 Å². The fourth-order valence-electron chi connectivity index (χ4n) is 2.88. The lowest BCUT2D eigenvalue weighted by molar-refractivity contribution is 0.0788. The number of amides is 1. The molecule has 1 amide bonds. The first-order chi connectivity index (χ1) is 11.0.